The number of alkyl halides is 1. The van der Waals surface area contributed by atoms with Gasteiger partial charge in [-0.1, -0.05) is 13.8 Å². The Bertz CT molecular complexity index is 321. The average molecular weight is 283 g/mol. The molecule has 2 atom stereocenters. The highest BCUT2D eigenvalue weighted by atomic mass is 35.5. The SMILES string of the molecule is CCN1CCC(CNS(=O)(=O)CC(C)CCl)C1. The van der Waals surface area contributed by atoms with E-state index < -0.39 is 10.0 Å². The van der Waals surface area contributed by atoms with Gasteiger partial charge in [0.25, 0.3) is 0 Å². The summed E-state index contributed by atoms with van der Waals surface area (Å²) >= 11 is 5.62. The molecule has 0 aromatic rings. The summed E-state index contributed by atoms with van der Waals surface area (Å²) in [4.78, 5) is 2.35. The molecule has 0 aromatic heterocycles. The highest BCUT2D eigenvalue weighted by Crippen LogP contribution is 2.15. The first-order chi connectivity index (χ1) is 7.96. The molecule has 4 nitrogen and oxygen atoms in total. The van der Waals surface area contributed by atoms with Crippen LogP contribution in [0, 0.1) is 11.8 Å². The van der Waals surface area contributed by atoms with Gasteiger partial charge in [-0.15, -0.1) is 11.6 Å². The van der Waals surface area contributed by atoms with Gasteiger partial charge < -0.3 is 4.90 Å². The summed E-state index contributed by atoms with van der Waals surface area (Å²) in [6, 6.07) is 0. The van der Waals surface area contributed by atoms with Crippen molar-refractivity contribution in [3.63, 3.8) is 0 Å². The summed E-state index contributed by atoms with van der Waals surface area (Å²) in [6.07, 6.45) is 1.08. The summed E-state index contributed by atoms with van der Waals surface area (Å²) in [6.45, 7) is 7.68. The summed E-state index contributed by atoms with van der Waals surface area (Å²) in [5.74, 6) is 0.968. The second kappa shape index (κ2) is 6.92. The Morgan fingerprint density at radius 1 is 1.53 bits per heavy atom. The molecule has 1 N–H and O–H groups in total. The van der Waals surface area contributed by atoms with E-state index in [1.807, 2.05) is 6.92 Å². The molecule has 1 aliphatic heterocycles. The van der Waals surface area contributed by atoms with E-state index in [4.69, 9.17) is 11.6 Å². The number of nitrogens with one attached hydrogen (secondary N) is 1. The van der Waals surface area contributed by atoms with Gasteiger partial charge in [0.15, 0.2) is 0 Å². The van der Waals surface area contributed by atoms with E-state index in [2.05, 4.69) is 16.5 Å². The Morgan fingerprint density at radius 3 is 2.76 bits per heavy atom. The summed E-state index contributed by atoms with van der Waals surface area (Å²) in [7, 11) is -3.16. The van der Waals surface area contributed by atoms with Crippen LogP contribution in [-0.2, 0) is 10.0 Å². The minimum atomic E-state index is -3.16. The van der Waals surface area contributed by atoms with Crippen molar-refractivity contribution in [2.75, 3.05) is 37.8 Å². The van der Waals surface area contributed by atoms with Crippen molar-refractivity contribution in [1.29, 1.82) is 0 Å². The molecule has 1 fully saturated rings. The Labute approximate surface area is 110 Å². The van der Waals surface area contributed by atoms with Crippen molar-refractivity contribution in [1.82, 2.24) is 9.62 Å². The average Bonchev–Trinajstić information content (AvgIpc) is 2.73. The molecule has 0 spiro atoms. The number of likely N-dealkylation sites (tertiary alicyclic amines) is 1. The van der Waals surface area contributed by atoms with E-state index >= 15 is 0 Å². The highest BCUT2D eigenvalue weighted by molar-refractivity contribution is 7.89. The zero-order valence-electron chi connectivity index (χ0n) is 10.7. The van der Waals surface area contributed by atoms with Gasteiger partial charge in [0.05, 0.1) is 5.75 Å². The lowest BCUT2D eigenvalue weighted by atomic mass is 10.1. The first-order valence-electron chi connectivity index (χ1n) is 6.22. The van der Waals surface area contributed by atoms with E-state index in [-0.39, 0.29) is 11.7 Å². The van der Waals surface area contributed by atoms with E-state index in [0.717, 1.165) is 26.1 Å². The van der Waals surface area contributed by atoms with E-state index in [1.54, 1.807) is 0 Å². The van der Waals surface area contributed by atoms with E-state index in [1.165, 1.54) is 0 Å². The molecule has 17 heavy (non-hydrogen) atoms. The van der Waals surface area contributed by atoms with Crippen LogP contribution < -0.4 is 4.72 Å². The van der Waals surface area contributed by atoms with Gasteiger partial charge in [-0.05, 0) is 31.3 Å². The van der Waals surface area contributed by atoms with Crippen LogP contribution in [-0.4, -0.2) is 51.1 Å². The lowest BCUT2D eigenvalue weighted by Crippen LogP contribution is -2.34. The molecule has 1 heterocycles. The van der Waals surface area contributed by atoms with Crippen LogP contribution in [0.3, 0.4) is 0 Å². The smallest absolute Gasteiger partial charge is 0.211 e. The Hall–Kier alpha value is 0.160. The van der Waals surface area contributed by atoms with Crippen LogP contribution in [0.1, 0.15) is 20.3 Å². The molecular formula is C11H23ClN2O2S. The van der Waals surface area contributed by atoms with Gasteiger partial charge >= 0.3 is 0 Å². The topological polar surface area (TPSA) is 49.4 Å². The first kappa shape index (κ1) is 15.2. The fourth-order valence-electron chi connectivity index (χ4n) is 2.09. The number of sulfonamides is 1. The fourth-order valence-corrected chi connectivity index (χ4v) is 3.80. The second-order valence-electron chi connectivity index (χ2n) is 4.94. The molecule has 0 radical (unpaired) electrons. The number of hydrogen-bond acceptors (Lipinski definition) is 3. The van der Waals surface area contributed by atoms with Crippen LogP contribution in [0.15, 0.2) is 0 Å². The monoisotopic (exact) mass is 282 g/mol. The predicted octanol–water partition coefficient (Wildman–Crippen LogP) is 1.12. The lowest BCUT2D eigenvalue weighted by molar-refractivity contribution is 0.342. The van der Waals surface area contributed by atoms with Gasteiger partial charge in [0.1, 0.15) is 0 Å². The Balaban J connectivity index is 2.30. The molecule has 6 heteroatoms. The number of nitrogens with zero attached hydrogens (tertiary/aromatic N) is 1. The third kappa shape index (κ3) is 5.55. The minimum Gasteiger partial charge on any atom is -0.303 e. The standard InChI is InChI=1S/C11H23ClN2O2S/c1-3-14-5-4-11(8-14)7-13-17(15,16)9-10(2)6-12/h10-11,13H,3-9H2,1-2H3. The van der Waals surface area contributed by atoms with Gasteiger partial charge in [0.2, 0.25) is 10.0 Å². The maximum atomic E-state index is 11.7. The van der Waals surface area contributed by atoms with Crippen molar-refractivity contribution < 1.29 is 8.42 Å². The fraction of sp³-hybridized carbons (Fsp3) is 1.00. The molecule has 102 valence electrons. The third-order valence-corrected chi connectivity index (χ3v) is 5.32. The van der Waals surface area contributed by atoms with Crippen LogP contribution in [0.5, 0.6) is 0 Å². The quantitative estimate of drug-likeness (QED) is 0.712. The Kier molecular flexibility index (Phi) is 6.20. The summed E-state index contributed by atoms with van der Waals surface area (Å²) < 4.78 is 26.1. The molecule has 1 saturated heterocycles. The zero-order chi connectivity index (χ0) is 12.9. The molecule has 0 saturated carbocycles. The zero-order valence-corrected chi connectivity index (χ0v) is 12.2. The number of rotatable bonds is 7. The predicted molar refractivity (Wildman–Crippen MR) is 71.9 cm³/mol. The number of hydrogen-bond donors (Lipinski definition) is 1. The third-order valence-electron chi connectivity index (χ3n) is 3.18. The molecule has 0 aliphatic carbocycles. The largest absolute Gasteiger partial charge is 0.303 e. The lowest BCUT2D eigenvalue weighted by Gasteiger charge is -2.15. The van der Waals surface area contributed by atoms with Crippen molar-refractivity contribution in [3.8, 4) is 0 Å². The second-order valence-corrected chi connectivity index (χ2v) is 7.10. The molecule has 1 rings (SSSR count). The molecule has 0 bridgehead atoms. The van der Waals surface area contributed by atoms with E-state index in [0.29, 0.717) is 18.3 Å². The minimum absolute atomic E-state index is 0.00452. The molecule has 1 aliphatic rings. The van der Waals surface area contributed by atoms with Crippen molar-refractivity contribution in [2.45, 2.75) is 20.3 Å². The van der Waals surface area contributed by atoms with Gasteiger partial charge in [-0.25, -0.2) is 13.1 Å². The first-order valence-corrected chi connectivity index (χ1v) is 8.41. The van der Waals surface area contributed by atoms with Gasteiger partial charge in [-0.3, -0.25) is 0 Å². The maximum absolute atomic E-state index is 11.7. The van der Waals surface area contributed by atoms with Crippen LogP contribution in [0.2, 0.25) is 0 Å². The molecule has 0 amide bonds. The Morgan fingerprint density at radius 2 is 2.24 bits per heavy atom. The van der Waals surface area contributed by atoms with Crippen LogP contribution in [0.4, 0.5) is 0 Å². The normalized spacial score (nSPS) is 24.1. The number of halogens is 1. The molecular weight excluding hydrogens is 260 g/mol. The van der Waals surface area contributed by atoms with Crippen molar-refractivity contribution in [2.24, 2.45) is 11.8 Å². The van der Waals surface area contributed by atoms with Gasteiger partial charge in [-0.2, -0.15) is 0 Å². The van der Waals surface area contributed by atoms with Crippen LogP contribution in [0.25, 0.3) is 0 Å². The highest BCUT2D eigenvalue weighted by Gasteiger charge is 2.23. The maximum Gasteiger partial charge on any atom is 0.211 e. The van der Waals surface area contributed by atoms with E-state index in [9.17, 15) is 8.42 Å². The van der Waals surface area contributed by atoms with Gasteiger partial charge in [0, 0.05) is 19.0 Å². The van der Waals surface area contributed by atoms with Crippen molar-refractivity contribution >= 4 is 21.6 Å². The van der Waals surface area contributed by atoms with Crippen LogP contribution >= 0.6 is 11.6 Å². The molecule has 2 unspecified atom stereocenters. The van der Waals surface area contributed by atoms with Crippen molar-refractivity contribution in [3.05, 3.63) is 0 Å². The summed E-state index contributed by atoms with van der Waals surface area (Å²) in [5.41, 5.74) is 0. The summed E-state index contributed by atoms with van der Waals surface area (Å²) in [5, 5.41) is 0. The molecule has 0 aromatic carbocycles.